The summed E-state index contributed by atoms with van der Waals surface area (Å²) in [6, 6.07) is 12.1. The number of carboxylic acids is 1. The third-order valence-corrected chi connectivity index (χ3v) is 3.71. The van der Waals surface area contributed by atoms with Gasteiger partial charge >= 0.3 is 5.97 Å². The van der Waals surface area contributed by atoms with Crippen molar-refractivity contribution in [2.45, 2.75) is 0 Å². The van der Waals surface area contributed by atoms with Crippen LogP contribution in [0.2, 0.25) is 10.0 Å². The molecule has 0 atom stereocenters. The summed E-state index contributed by atoms with van der Waals surface area (Å²) in [6.45, 7) is 0. The standard InChI is InChI=1S/C15H9BrCl2O2/c16-10-3-1-9(2-4-10)7-13(15(19)20)12-6-5-11(17)8-14(12)18/h1-8H,(H,19,20)/b13-7+. The van der Waals surface area contributed by atoms with Crippen LogP contribution in [-0.2, 0) is 4.79 Å². The number of benzene rings is 2. The minimum Gasteiger partial charge on any atom is -0.478 e. The quantitative estimate of drug-likeness (QED) is 0.580. The zero-order valence-corrected chi connectivity index (χ0v) is 13.2. The van der Waals surface area contributed by atoms with Gasteiger partial charge in [0.1, 0.15) is 0 Å². The van der Waals surface area contributed by atoms with Crippen molar-refractivity contribution in [1.29, 1.82) is 0 Å². The summed E-state index contributed by atoms with van der Waals surface area (Å²) in [6.07, 6.45) is 1.57. The fourth-order valence-electron chi connectivity index (χ4n) is 1.69. The van der Waals surface area contributed by atoms with E-state index in [1.54, 1.807) is 18.2 Å². The van der Waals surface area contributed by atoms with E-state index in [0.717, 1.165) is 10.0 Å². The molecule has 20 heavy (non-hydrogen) atoms. The lowest BCUT2D eigenvalue weighted by atomic mass is 10.0. The largest absolute Gasteiger partial charge is 0.478 e. The van der Waals surface area contributed by atoms with Crippen LogP contribution in [0, 0.1) is 0 Å². The molecule has 0 aliphatic rings. The minimum atomic E-state index is -1.04. The van der Waals surface area contributed by atoms with Crippen LogP contribution in [0.3, 0.4) is 0 Å². The van der Waals surface area contributed by atoms with E-state index in [1.807, 2.05) is 24.3 Å². The Labute approximate surface area is 134 Å². The second-order valence-electron chi connectivity index (χ2n) is 4.04. The van der Waals surface area contributed by atoms with Crippen LogP contribution in [0.5, 0.6) is 0 Å². The number of aliphatic carboxylic acids is 1. The topological polar surface area (TPSA) is 37.3 Å². The molecule has 0 bridgehead atoms. The zero-order chi connectivity index (χ0) is 14.7. The lowest BCUT2D eigenvalue weighted by Gasteiger charge is -2.06. The molecule has 0 heterocycles. The van der Waals surface area contributed by atoms with Crippen molar-refractivity contribution in [2.75, 3.05) is 0 Å². The summed E-state index contributed by atoms with van der Waals surface area (Å²) in [4.78, 5) is 11.4. The molecule has 0 saturated heterocycles. The lowest BCUT2D eigenvalue weighted by molar-refractivity contribution is -0.130. The minimum absolute atomic E-state index is 0.119. The molecule has 0 aliphatic heterocycles. The van der Waals surface area contributed by atoms with Gasteiger partial charge in [-0.05, 0) is 35.9 Å². The Balaban J connectivity index is 2.51. The molecule has 0 radical (unpaired) electrons. The van der Waals surface area contributed by atoms with E-state index >= 15 is 0 Å². The molecule has 0 unspecified atom stereocenters. The predicted octanol–water partition coefficient (Wildman–Crippen LogP) is 5.38. The second-order valence-corrected chi connectivity index (χ2v) is 5.80. The van der Waals surface area contributed by atoms with Crippen LogP contribution >= 0.6 is 39.1 Å². The molecule has 2 aromatic carbocycles. The Bertz CT molecular complexity index is 679. The smallest absolute Gasteiger partial charge is 0.336 e. The first-order valence-electron chi connectivity index (χ1n) is 5.63. The van der Waals surface area contributed by atoms with Crippen LogP contribution in [0.25, 0.3) is 11.6 Å². The molecular formula is C15H9BrCl2O2. The average Bonchev–Trinajstić information content (AvgIpc) is 2.39. The van der Waals surface area contributed by atoms with Crippen molar-refractivity contribution in [3.05, 3.63) is 68.1 Å². The molecule has 0 fully saturated rings. The Morgan fingerprint density at radius 2 is 1.75 bits per heavy atom. The van der Waals surface area contributed by atoms with Crippen molar-refractivity contribution in [2.24, 2.45) is 0 Å². The van der Waals surface area contributed by atoms with Gasteiger partial charge < -0.3 is 5.11 Å². The average molecular weight is 372 g/mol. The van der Waals surface area contributed by atoms with Gasteiger partial charge in [0, 0.05) is 15.1 Å². The summed E-state index contributed by atoms with van der Waals surface area (Å²) < 4.78 is 0.927. The molecule has 5 heteroatoms. The van der Waals surface area contributed by atoms with E-state index in [9.17, 15) is 9.90 Å². The van der Waals surface area contributed by atoms with Gasteiger partial charge in [0.2, 0.25) is 0 Å². The summed E-state index contributed by atoms with van der Waals surface area (Å²) in [5.41, 5.74) is 1.33. The predicted molar refractivity (Wildman–Crippen MR) is 86.1 cm³/mol. The highest BCUT2D eigenvalue weighted by atomic mass is 79.9. The van der Waals surface area contributed by atoms with Crippen molar-refractivity contribution < 1.29 is 9.90 Å². The molecule has 0 amide bonds. The first-order chi connectivity index (χ1) is 9.47. The van der Waals surface area contributed by atoms with E-state index in [2.05, 4.69) is 15.9 Å². The Hall–Kier alpha value is -1.29. The molecule has 2 nitrogen and oxygen atoms in total. The van der Waals surface area contributed by atoms with Gasteiger partial charge in [0.15, 0.2) is 0 Å². The van der Waals surface area contributed by atoms with Gasteiger partial charge in [-0.15, -0.1) is 0 Å². The monoisotopic (exact) mass is 370 g/mol. The molecule has 2 aromatic rings. The number of halogens is 3. The fourth-order valence-corrected chi connectivity index (χ4v) is 2.46. The van der Waals surface area contributed by atoms with Crippen molar-refractivity contribution in [3.63, 3.8) is 0 Å². The van der Waals surface area contributed by atoms with E-state index in [-0.39, 0.29) is 5.57 Å². The van der Waals surface area contributed by atoms with Gasteiger partial charge in [0.05, 0.1) is 10.6 Å². The molecule has 0 aliphatic carbocycles. The van der Waals surface area contributed by atoms with E-state index in [4.69, 9.17) is 23.2 Å². The molecule has 0 spiro atoms. The highest BCUT2D eigenvalue weighted by molar-refractivity contribution is 9.10. The molecule has 1 N–H and O–H groups in total. The zero-order valence-electron chi connectivity index (χ0n) is 10.1. The van der Waals surface area contributed by atoms with E-state index in [1.165, 1.54) is 6.07 Å². The second kappa shape index (κ2) is 6.44. The van der Waals surface area contributed by atoms with Crippen LogP contribution in [0.1, 0.15) is 11.1 Å². The van der Waals surface area contributed by atoms with E-state index < -0.39 is 5.97 Å². The summed E-state index contributed by atoms with van der Waals surface area (Å²) >= 11 is 15.2. The SMILES string of the molecule is O=C(O)/C(=C/c1ccc(Br)cc1)c1ccc(Cl)cc1Cl. The number of rotatable bonds is 3. The third-order valence-electron chi connectivity index (χ3n) is 2.63. The fraction of sp³-hybridized carbons (Fsp3) is 0. The molecule has 0 saturated carbocycles. The van der Waals surface area contributed by atoms with Gasteiger partial charge in [-0.2, -0.15) is 0 Å². The summed E-state index contributed by atoms with van der Waals surface area (Å²) in [7, 11) is 0. The molecular weight excluding hydrogens is 363 g/mol. The summed E-state index contributed by atoms with van der Waals surface area (Å²) in [5.74, 6) is -1.04. The molecule has 0 aromatic heterocycles. The van der Waals surface area contributed by atoms with Gasteiger partial charge in [-0.1, -0.05) is 57.3 Å². The Morgan fingerprint density at radius 3 is 2.30 bits per heavy atom. The van der Waals surface area contributed by atoms with Crippen LogP contribution in [-0.4, -0.2) is 11.1 Å². The third kappa shape index (κ3) is 3.63. The normalized spacial score (nSPS) is 11.4. The number of hydrogen-bond donors (Lipinski definition) is 1. The van der Waals surface area contributed by atoms with E-state index in [0.29, 0.717) is 15.6 Å². The van der Waals surface area contributed by atoms with Crippen molar-refractivity contribution >= 4 is 56.8 Å². The highest BCUT2D eigenvalue weighted by Gasteiger charge is 2.14. The number of carbonyl (C=O) groups is 1. The van der Waals surface area contributed by atoms with Gasteiger partial charge in [0.25, 0.3) is 0 Å². The first-order valence-corrected chi connectivity index (χ1v) is 7.18. The number of carboxylic acid groups (broad SMARTS) is 1. The lowest BCUT2D eigenvalue weighted by Crippen LogP contribution is -2.00. The van der Waals surface area contributed by atoms with Crippen LogP contribution < -0.4 is 0 Å². The molecule has 102 valence electrons. The Kier molecular flexibility index (Phi) is 4.86. The first kappa shape index (κ1) is 15.1. The maximum atomic E-state index is 11.4. The van der Waals surface area contributed by atoms with Crippen molar-refractivity contribution in [1.82, 2.24) is 0 Å². The maximum absolute atomic E-state index is 11.4. The van der Waals surface area contributed by atoms with Gasteiger partial charge in [-0.25, -0.2) is 4.79 Å². The molecule has 2 rings (SSSR count). The highest BCUT2D eigenvalue weighted by Crippen LogP contribution is 2.29. The Morgan fingerprint density at radius 1 is 1.10 bits per heavy atom. The van der Waals surface area contributed by atoms with Crippen molar-refractivity contribution in [3.8, 4) is 0 Å². The number of hydrogen-bond acceptors (Lipinski definition) is 1. The van der Waals surface area contributed by atoms with Crippen LogP contribution in [0.15, 0.2) is 46.9 Å². The summed E-state index contributed by atoms with van der Waals surface area (Å²) in [5, 5.41) is 10.1. The van der Waals surface area contributed by atoms with Crippen LogP contribution in [0.4, 0.5) is 0 Å². The van der Waals surface area contributed by atoms with Gasteiger partial charge in [-0.3, -0.25) is 0 Å². The maximum Gasteiger partial charge on any atom is 0.336 e.